The Bertz CT molecular complexity index is 275. The molecule has 0 unspecified atom stereocenters. The lowest BCUT2D eigenvalue weighted by atomic mass is 9.86. The van der Waals surface area contributed by atoms with Crippen molar-refractivity contribution in [2.24, 2.45) is 5.92 Å². The molecule has 2 aliphatic rings. The van der Waals surface area contributed by atoms with Gasteiger partial charge in [0.1, 0.15) is 0 Å². The van der Waals surface area contributed by atoms with Crippen molar-refractivity contribution in [2.45, 2.75) is 45.6 Å². The van der Waals surface area contributed by atoms with Crippen LogP contribution in [0.3, 0.4) is 0 Å². The van der Waals surface area contributed by atoms with Gasteiger partial charge in [-0.2, -0.15) is 0 Å². The molecule has 2 rings (SSSR count). The maximum absolute atomic E-state index is 11.6. The third kappa shape index (κ3) is 3.37. The molecule has 18 heavy (non-hydrogen) atoms. The zero-order valence-corrected chi connectivity index (χ0v) is 11.7. The molecule has 0 radical (unpaired) electrons. The van der Waals surface area contributed by atoms with Gasteiger partial charge in [0, 0.05) is 32.2 Å². The van der Waals surface area contributed by atoms with Crippen molar-refractivity contribution in [3.63, 3.8) is 0 Å². The van der Waals surface area contributed by atoms with E-state index in [1.807, 2.05) is 11.8 Å². The van der Waals surface area contributed by atoms with E-state index in [4.69, 9.17) is 4.74 Å². The monoisotopic (exact) mass is 254 g/mol. The van der Waals surface area contributed by atoms with Crippen LogP contribution in [0.2, 0.25) is 0 Å². The van der Waals surface area contributed by atoms with E-state index in [1.165, 1.54) is 25.7 Å². The van der Waals surface area contributed by atoms with E-state index in [0.29, 0.717) is 6.61 Å². The highest BCUT2D eigenvalue weighted by Crippen LogP contribution is 2.27. The van der Waals surface area contributed by atoms with Gasteiger partial charge in [-0.25, -0.2) is 4.79 Å². The van der Waals surface area contributed by atoms with E-state index in [9.17, 15) is 4.79 Å². The van der Waals surface area contributed by atoms with Crippen molar-refractivity contribution >= 4 is 6.09 Å². The Labute approximate surface area is 110 Å². The van der Waals surface area contributed by atoms with Crippen LogP contribution in [0, 0.1) is 5.92 Å². The first-order valence-corrected chi connectivity index (χ1v) is 7.36. The quantitative estimate of drug-likeness (QED) is 0.758. The van der Waals surface area contributed by atoms with Gasteiger partial charge in [0.05, 0.1) is 6.61 Å². The van der Waals surface area contributed by atoms with Crippen molar-refractivity contribution in [1.29, 1.82) is 0 Å². The predicted octanol–water partition coefficient (Wildman–Crippen LogP) is 2.34. The highest BCUT2D eigenvalue weighted by molar-refractivity contribution is 5.67. The summed E-state index contributed by atoms with van der Waals surface area (Å²) in [6.45, 7) is 8.36. The number of carbonyl (C=O) groups is 1. The fraction of sp³-hybridized carbons (Fsp3) is 0.929. The Kier molecular flexibility index (Phi) is 4.87. The highest BCUT2D eigenvalue weighted by atomic mass is 16.6. The molecule has 1 heterocycles. The van der Waals surface area contributed by atoms with Crippen LogP contribution < -0.4 is 0 Å². The highest BCUT2D eigenvalue weighted by Gasteiger charge is 2.29. The fourth-order valence-electron chi connectivity index (χ4n) is 3.22. The number of amides is 1. The van der Waals surface area contributed by atoms with Gasteiger partial charge in [-0.3, -0.25) is 4.90 Å². The van der Waals surface area contributed by atoms with Crippen molar-refractivity contribution < 1.29 is 9.53 Å². The molecule has 1 saturated carbocycles. The number of hydrogen-bond donors (Lipinski definition) is 0. The summed E-state index contributed by atoms with van der Waals surface area (Å²) in [4.78, 5) is 16.0. The molecule has 1 amide bonds. The molecule has 2 fully saturated rings. The second-order valence-corrected chi connectivity index (χ2v) is 5.65. The van der Waals surface area contributed by atoms with Crippen LogP contribution in [0.4, 0.5) is 4.79 Å². The predicted molar refractivity (Wildman–Crippen MR) is 71.6 cm³/mol. The van der Waals surface area contributed by atoms with Crippen molar-refractivity contribution in [3.05, 3.63) is 0 Å². The maximum atomic E-state index is 11.6. The Morgan fingerprint density at radius 1 is 1.22 bits per heavy atom. The number of ether oxygens (including phenoxy) is 1. The fourth-order valence-corrected chi connectivity index (χ4v) is 3.22. The number of nitrogens with zero attached hydrogens (tertiary/aromatic N) is 2. The second-order valence-electron chi connectivity index (χ2n) is 5.65. The minimum atomic E-state index is -0.144. The zero-order chi connectivity index (χ0) is 13.0. The van der Waals surface area contributed by atoms with E-state index in [1.54, 1.807) is 0 Å². The first-order valence-electron chi connectivity index (χ1n) is 7.36. The topological polar surface area (TPSA) is 32.8 Å². The lowest BCUT2D eigenvalue weighted by molar-refractivity contribution is 0.0528. The molecule has 1 aliphatic heterocycles. The van der Waals surface area contributed by atoms with Crippen LogP contribution in [0.5, 0.6) is 0 Å². The second kappa shape index (κ2) is 6.41. The number of rotatable bonds is 2. The minimum Gasteiger partial charge on any atom is -0.450 e. The summed E-state index contributed by atoms with van der Waals surface area (Å²) in [6, 6.07) is 0.748. The molecule has 0 aromatic heterocycles. The number of piperazine rings is 1. The largest absolute Gasteiger partial charge is 0.450 e. The van der Waals surface area contributed by atoms with Crippen molar-refractivity contribution in [2.75, 3.05) is 32.8 Å². The zero-order valence-electron chi connectivity index (χ0n) is 11.7. The normalized spacial score (nSPS) is 30.2. The summed E-state index contributed by atoms with van der Waals surface area (Å²) in [5.41, 5.74) is 0. The molecule has 0 aromatic rings. The molecule has 4 heteroatoms. The summed E-state index contributed by atoms with van der Waals surface area (Å²) < 4.78 is 5.05. The molecule has 1 aliphatic carbocycles. The lowest BCUT2D eigenvalue weighted by Gasteiger charge is -2.41. The van der Waals surface area contributed by atoms with Gasteiger partial charge in [0.2, 0.25) is 0 Å². The molecule has 1 saturated heterocycles. The summed E-state index contributed by atoms with van der Waals surface area (Å²) >= 11 is 0. The summed E-state index contributed by atoms with van der Waals surface area (Å²) in [7, 11) is 0. The third-order valence-electron chi connectivity index (χ3n) is 4.27. The first-order chi connectivity index (χ1) is 8.70. The van der Waals surface area contributed by atoms with Gasteiger partial charge in [-0.1, -0.05) is 19.8 Å². The molecule has 2 atom stereocenters. The molecule has 0 aromatic carbocycles. The molecule has 4 nitrogen and oxygen atoms in total. The maximum Gasteiger partial charge on any atom is 0.409 e. The van der Waals surface area contributed by atoms with E-state index in [-0.39, 0.29) is 6.09 Å². The molecular weight excluding hydrogens is 228 g/mol. The lowest BCUT2D eigenvalue weighted by Crippen LogP contribution is -2.52. The van der Waals surface area contributed by atoms with Crippen LogP contribution in [-0.4, -0.2) is 54.7 Å². The van der Waals surface area contributed by atoms with E-state index in [2.05, 4.69) is 11.8 Å². The Hall–Kier alpha value is -0.770. The summed E-state index contributed by atoms with van der Waals surface area (Å²) in [5.74, 6) is 0.867. The van der Waals surface area contributed by atoms with Gasteiger partial charge in [0.15, 0.2) is 0 Å². The van der Waals surface area contributed by atoms with E-state index in [0.717, 1.165) is 38.1 Å². The smallest absolute Gasteiger partial charge is 0.409 e. The van der Waals surface area contributed by atoms with Gasteiger partial charge in [-0.15, -0.1) is 0 Å². The van der Waals surface area contributed by atoms with Crippen LogP contribution in [-0.2, 0) is 4.74 Å². The van der Waals surface area contributed by atoms with Crippen molar-refractivity contribution in [1.82, 2.24) is 9.80 Å². The van der Waals surface area contributed by atoms with Gasteiger partial charge in [-0.05, 0) is 25.7 Å². The molecule has 0 N–H and O–H groups in total. The van der Waals surface area contributed by atoms with Gasteiger partial charge in [0.25, 0.3) is 0 Å². The molecular formula is C14H26N2O2. The van der Waals surface area contributed by atoms with Crippen LogP contribution in [0.25, 0.3) is 0 Å². The minimum absolute atomic E-state index is 0.144. The Balaban J connectivity index is 1.77. The average Bonchev–Trinajstić information content (AvgIpc) is 2.39. The van der Waals surface area contributed by atoms with E-state index >= 15 is 0 Å². The van der Waals surface area contributed by atoms with Crippen LogP contribution >= 0.6 is 0 Å². The summed E-state index contributed by atoms with van der Waals surface area (Å²) in [5, 5.41) is 0. The third-order valence-corrected chi connectivity index (χ3v) is 4.27. The summed E-state index contributed by atoms with van der Waals surface area (Å²) in [6.07, 6.45) is 5.28. The number of carbonyl (C=O) groups excluding carboxylic acids is 1. The first kappa shape index (κ1) is 13.7. The molecule has 0 bridgehead atoms. The standard InChI is InChI=1S/C14H26N2O2/c1-3-18-14(17)16-9-7-15(8-10-16)13-6-4-5-12(2)11-13/h12-13H,3-11H2,1-2H3/t12-,13+/m0/s1. The molecule has 104 valence electrons. The molecule has 0 spiro atoms. The SMILES string of the molecule is CCOC(=O)N1CCN([C@@H]2CCC[C@H](C)C2)CC1. The van der Waals surface area contributed by atoms with Crippen LogP contribution in [0.1, 0.15) is 39.5 Å². The van der Waals surface area contributed by atoms with Gasteiger partial charge >= 0.3 is 6.09 Å². The van der Waals surface area contributed by atoms with Crippen LogP contribution in [0.15, 0.2) is 0 Å². The Morgan fingerprint density at radius 3 is 2.56 bits per heavy atom. The van der Waals surface area contributed by atoms with Gasteiger partial charge < -0.3 is 9.64 Å². The van der Waals surface area contributed by atoms with Crippen molar-refractivity contribution in [3.8, 4) is 0 Å². The number of hydrogen-bond acceptors (Lipinski definition) is 3. The average molecular weight is 254 g/mol. The van der Waals surface area contributed by atoms with E-state index < -0.39 is 0 Å². The Morgan fingerprint density at radius 2 is 1.94 bits per heavy atom.